The van der Waals surface area contributed by atoms with Gasteiger partial charge in [-0.2, -0.15) is 0 Å². The minimum absolute atomic E-state index is 0.293. The average Bonchev–Trinajstić information content (AvgIpc) is 2.70. The molecule has 0 radical (unpaired) electrons. The van der Waals surface area contributed by atoms with Crippen molar-refractivity contribution in [2.75, 3.05) is 0 Å². The summed E-state index contributed by atoms with van der Waals surface area (Å²) in [7, 11) is 0. The molecule has 2 aromatic carbocycles. The molecule has 0 bridgehead atoms. The zero-order valence-corrected chi connectivity index (χ0v) is 17.7. The predicted octanol–water partition coefficient (Wildman–Crippen LogP) is 2.13. The molecular formula is C23H31N3O4. The van der Waals surface area contributed by atoms with Gasteiger partial charge in [-0.1, -0.05) is 60.7 Å². The number of carbonyl (C=O) groups is 2. The number of hydrogen-bond acceptors (Lipinski definition) is 5. The molecule has 0 unspecified atom stereocenters. The fourth-order valence-corrected chi connectivity index (χ4v) is 2.89. The largest absolute Gasteiger partial charge is 0.444 e. The first-order chi connectivity index (χ1) is 14.2. The summed E-state index contributed by atoms with van der Waals surface area (Å²) >= 11 is 0. The highest BCUT2D eigenvalue weighted by Gasteiger charge is 2.32. The number of nitrogens with two attached hydrogens (primary N) is 1. The van der Waals surface area contributed by atoms with Crippen LogP contribution in [0.5, 0.6) is 0 Å². The van der Waals surface area contributed by atoms with E-state index in [9.17, 15) is 14.7 Å². The Morgan fingerprint density at radius 1 is 1.00 bits per heavy atom. The summed E-state index contributed by atoms with van der Waals surface area (Å²) in [5, 5.41) is 16.2. The van der Waals surface area contributed by atoms with Crippen LogP contribution in [-0.4, -0.2) is 40.9 Å². The Morgan fingerprint density at radius 3 is 2.07 bits per heavy atom. The van der Waals surface area contributed by atoms with Crippen molar-refractivity contribution in [2.24, 2.45) is 5.73 Å². The standard InChI is InChI=1S/C23H31N3O4/c1-23(2,3)30-22(29)26-18(14-16-10-6-4-7-11-16)20(27)19(24)21(28)25-15-17-12-8-5-9-13-17/h4-13,18-20,27H,14-15,24H2,1-3H3,(H,25,28)(H,26,29)/t18-,19-,20-/m0/s1. The van der Waals surface area contributed by atoms with Crippen molar-refractivity contribution in [1.29, 1.82) is 0 Å². The lowest BCUT2D eigenvalue weighted by atomic mass is 9.96. The molecule has 162 valence electrons. The van der Waals surface area contributed by atoms with Crippen LogP contribution in [0.4, 0.5) is 4.79 Å². The molecule has 0 fully saturated rings. The van der Waals surface area contributed by atoms with Gasteiger partial charge >= 0.3 is 6.09 Å². The summed E-state index contributed by atoms with van der Waals surface area (Å²) in [5.74, 6) is -0.504. The van der Waals surface area contributed by atoms with E-state index in [0.717, 1.165) is 11.1 Å². The smallest absolute Gasteiger partial charge is 0.407 e. The summed E-state index contributed by atoms with van der Waals surface area (Å²) in [5.41, 5.74) is 7.14. The van der Waals surface area contributed by atoms with E-state index in [2.05, 4.69) is 10.6 Å². The van der Waals surface area contributed by atoms with Crippen molar-refractivity contribution < 1.29 is 19.4 Å². The minimum Gasteiger partial charge on any atom is -0.444 e. The lowest BCUT2D eigenvalue weighted by molar-refractivity contribution is -0.125. The van der Waals surface area contributed by atoms with E-state index in [0.29, 0.717) is 13.0 Å². The van der Waals surface area contributed by atoms with E-state index >= 15 is 0 Å². The number of carbonyl (C=O) groups excluding carboxylic acids is 2. The predicted molar refractivity (Wildman–Crippen MR) is 116 cm³/mol. The van der Waals surface area contributed by atoms with Gasteiger partial charge in [0.15, 0.2) is 0 Å². The molecule has 2 amide bonds. The van der Waals surface area contributed by atoms with Gasteiger partial charge in [0, 0.05) is 6.54 Å². The highest BCUT2D eigenvalue weighted by Crippen LogP contribution is 2.12. The normalized spacial score (nSPS) is 14.3. The zero-order valence-electron chi connectivity index (χ0n) is 17.7. The minimum atomic E-state index is -1.31. The van der Waals surface area contributed by atoms with Crippen LogP contribution in [0.2, 0.25) is 0 Å². The quantitative estimate of drug-likeness (QED) is 0.529. The van der Waals surface area contributed by atoms with Crippen LogP contribution in [0.3, 0.4) is 0 Å². The second-order valence-corrected chi connectivity index (χ2v) is 8.16. The van der Waals surface area contributed by atoms with Crippen LogP contribution in [-0.2, 0) is 22.5 Å². The molecule has 3 atom stereocenters. The topological polar surface area (TPSA) is 114 Å². The third-order valence-electron chi connectivity index (χ3n) is 4.39. The number of benzene rings is 2. The summed E-state index contributed by atoms with van der Waals surface area (Å²) in [6.45, 7) is 5.54. The Bertz CT molecular complexity index is 806. The van der Waals surface area contributed by atoms with Gasteiger partial charge in [0.25, 0.3) is 0 Å². The molecule has 7 nitrogen and oxygen atoms in total. The molecular weight excluding hydrogens is 382 g/mol. The van der Waals surface area contributed by atoms with Gasteiger partial charge in [0.1, 0.15) is 11.6 Å². The van der Waals surface area contributed by atoms with Crippen molar-refractivity contribution in [3.63, 3.8) is 0 Å². The third-order valence-corrected chi connectivity index (χ3v) is 4.39. The van der Waals surface area contributed by atoms with Gasteiger partial charge < -0.3 is 26.2 Å². The lowest BCUT2D eigenvalue weighted by Gasteiger charge is -2.29. The molecule has 30 heavy (non-hydrogen) atoms. The van der Waals surface area contributed by atoms with Gasteiger partial charge in [-0.3, -0.25) is 4.79 Å². The molecule has 0 saturated heterocycles. The van der Waals surface area contributed by atoms with Crippen molar-refractivity contribution in [3.05, 3.63) is 71.8 Å². The molecule has 0 saturated carbocycles. The van der Waals surface area contributed by atoms with E-state index in [-0.39, 0.29) is 0 Å². The Balaban J connectivity index is 2.06. The van der Waals surface area contributed by atoms with E-state index in [1.54, 1.807) is 20.8 Å². The summed E-state index contributed by atoms with van der Waals surface area (Å²) < 4.78 is 5.30. The van der Waals surface area contributed by atoms with Crippen molar-refractivity contribution >= 4 is 12.0 Å². The van der Waals surface area contributed by atoms with Crippen LogP contribution < -0.4 is 16.4 Å². The van der Waals surface area contributed by atoms with E-state index in [1.165, 1.54) is 0 Å². The molecule has 0 aromatic heterocycles. The van der Waals surface area contributed by atoms with Crippen molar-refractivity contribution in [3.8, 4) is 0 Å². The monoisotopic (exact) mass is 413 g/mol. The third kappa shape index (κ3) is 7.85. The average molecular weight is 414 g/mol. The molecule has 0 aliphatic carbocycles. The van der Waals surface area contributed by atoms with Gasteiger partial charge in [-0.25, -0.2) is 4.79 Å². The van der Waals surface area contributed by atoms with Crippen molar-refractivity contribution in [1.82, 2.24) is 10.6 Å². The number of ether oxygens (including phenoxy) is 1. The van der Waals surface area contributed by atoms with E-state index in [1.807, 2.05) is 60.7 Å². The van der Waals surface area contributed by atoms with Crippen LogP contribution in [0.1, 0.15) is 31.9 Å². The fraction of sp³-hybridized carbons (Fsp3) is 0.391. The Kier molecular flexibility index (Phi) is 8.38. The molecule has 0 spiro atoms. The number of rotatable bonds is 8. The summed E-state index contributed by atoms with van der Waals surface area (Å²) in [4.78, 5) is 24.8. The maximum absolute atomic E-state index is 12.5. The maximum Gasteiger partial charge on any atom is 0.407 e. The Labute approximate surface area is 177 Å². The molecule has 0 aliphatic rings. The molecule has 7 heteroatoms. The lowest BCUT2D eigenvalue weighted by Crippen LogP contribution is -2.58. The van der Waals surface area contributed by atoms with Crippen LogP contribution in [0.15, 0.2) is 60.7 Å². The van der Waals surface area contributed by atoms with Crippen LogP contribution >= 0.6 is 0 Å². The number of nitrogens with one attached hydrogen (secondary N) is 2. The second-order valence-electron chi connectivity index (χ2n) is 8.16. The van der Waals surface area contributed by atoms with Crippen LogP contribution in [0.25, 0.3) is 0 Å². The molecule has 5 N–H and O–H groups in total. The van der Waals surface area contributed by atoms with E-state index in [4.69, 9.17) is 10.5 Å². The van der Waals surface area contributed by atoms with Crippen molar-refractivity contribution in [2.45, 2.75) is 57.5 Å². The number of alkyl carbamates (subject to hydrolysis) is 1. The highest BCUT2D eigenvalue weighted by atomic mass is 16.6. The first-order valence-corrected chi connectivity index (χ1v) is 9.94. The summed E-state index contributed by atoms with van der Waals surface area (Å²) in [6, 6.07) is 16.7. The molecule has 2 rings (SSSR count). The molecule has 2 aromatic rings. The zero-order chi connectivity index (χ0) is 22.1. The van der Waals surface area contributed by atoms with E-state index < -0.39 is 35.8 Å². The summed E-state index contributed by atoms with van der Waals surface area (Å²) in [6.07, 6.45) is -1.70. The fourth-order valence-electron chi connectivity index (χ4n) is 2.89. The SMILES string of the molecule is CC(C)(C)OC(=O)N[C@@H](Cc1ccccc1)[C@H](O)[C@H](N)C(=O)NCc1ccccc1. The number of aliphatic hydroxyl groups excluding tert-OH is 1. The Hall–Kier alpha value is -2.90. The maximum atomic E-state index is 12.5. The van der Waals surface area contributed by atoms with Gasteiger partial charge in [0.05, 0.1) is 12.1 Å². The second kappa shape index (κ2) is 10.8. The Morgan fingerprint density at radius 2 is 1.53 bits per heavy atom. The van der Waals surface area contributed by atoms with Crippen LogP contribution in [0, 0.1) is 0 Å². The molecule has 0 aliphatic heterocycles. The number of amides is 2. The highest BCUT2D eigenvalue weighted by molar-refractivity contribution is 5.82. The van der Waals surface area contributed by atoms with Gasteiger partial charge in [-0.15, -0.1) is 0 Å². The van der Waals surface area contributed by atoms with Gasteiger partial charge in [0.2, 0.25) is 5.91 Å². The first-order valence-electron chi connectivity index (χ1n) is 9.94. The molecule has 0 heterocycles. The number of aliphatic hydroxyl groups is 1. The number of hydrogen-bond donors (Lipinski definition) is 4. The van der Waals surface area contributed by atoms with Gasteiger partial charge in [-0.05, 0) is 38.3 Å². The first kappa shape index (κ1) is 23.4.